The molecule has 0 atom stereocenters. The lowest BCUT2D eigenvalue weighted by molar-refractivity contribution is -0.119. The maximum absolute atomic E-state index is 10.8. The number of rotatable bonds is 11. The average Bonchev–Trinajstić information content (AvgIpc) is 2.45. The van der Waals surface area contributed by atoms with Crippen LogP contribution in [0.25, 0.3) is 0 Å². The van der Waals surface area contributed by atoms with Crippen molar-refractivity contribution in [2.75, 3.05) is 13.2 Å². The highest BCUT2D eigenvalue weighted by Gasteiger charge is 2.06. The Labute approximate surface area is 144 Å². The first-order chi connectivity index (χ1) is 10.1. The van der Waals surface area contributed by atoms with E-state index in [2.05, 4.69) is 12.2 Å². The molecule has 3 N–H and O–H groups in total. The Morgan fingerprint density at radius 3 is 2.68 bits per heavy atom. The van der Waals surface area contributed by atoms with E-state index in [-0.39, 0.29) is 19.0 Å². The molecule has 0 aromatic heterocycles. The van der Waals surface area contributed by atoms with Gasteiger partial charge >= 0.3 is 0 Å². The Kier molecular flexibility index (Phi) is 12.0. The molecule has 6 heteroatoms. The zero-order valence-electron chi connectivity index (χ0n) is 13.1. The third-order valence-electron chi connectivity index (χ3n) is 3.17. The summed E-state index contributed by atoms with van der Waals surface area (Å²) in [6.45, 7) is 3.73. The second-order valence-corrected chi connectivity index (χ2v) is 5.53. The minimum absolute atomic E-state index is 0. The van der Waals surface area contributed by atoms with Crippen LogP contribution in [0.1, 0.15) is 44.6 Å². The Morgan fingerprint density at radius 1 is 1.27 bits per heavy atom. The number of primary amides is 1. The second-order valence-electron chi connectivity index (χ2n) is 5.10. The van der Waals surface area contributed by atoms with Gasteiger partial charge in [-0.25, -0.2) is 0 Å². The van der Waals surface area contributed by atoms with Crippen LogP contribution >= 0.6 is 24.0 Å². The summed E-state index contributed by atoms with van der Waals surface area (Å²) < 4.78 is 5.39. The Bertz CT molecular complexity index is 442. The van der Waals surface area contributed by atoms with Crippen molar-refractivity contribution in [3.63, 3.8) is 0 Å². The molecule has 0 aliphatic heterocycles. The predicted molar refractivity (Wildman–Crippen MR) is 93.9 cm³/mol. The summed E-state index contributed by atoms with van der Waals surface area (Å²) >= 11 is 6.00. The molecule has 0 radical (unpaired) electrons. The van der Waals surface area contributed by atoms with Crippen LogP contribution in [0.5, 0.6) is 5.75 Å². The van der Waals surface area contributed by atoms with E-state index in [9.17, 15) is 4.79 Å². The van der Waals surface area contributed by atoms with Gasteiger partial charge in [0.05, 0.1) is 0 Å². The summed E-state index contributed by atoms with van der Waals surface area (Å²) in [6.07, 6.45) is 6.28. The number of benzene rings is 1. The van der Waals surface area contributed by atoms with Crippen LogP contribution in [0, 0.1) is 0 Å². The Hall–Kier alpha value is -0.970. The van der Waals surface area contributed by atoms with Gasteiger partial charge in [0.25, 0.3) is 5.91 Å². The number of amides is 1. The fraction of sp³-hybridized carbons (Fsp3) is 0.562. The molecule has 1 aromatic carbocycles. The zero-order chi connectivity index (χ0) is 15.5. The van der Waals surface area contributed by atoms with Gasteiger partial charge < -0.3 is 15.8 Å². The topological polar surface area (TPSA) is 64.3 Å². The van der Waals surface area contributed by atoms with Gasteiger partial charge in [0.1, 0.15) is 5.75 Å². The summed E-state index contributed by atoms with van der Waals surface area (Å²) in [7, 11) is 0. The first-order valence-corrected chi connectivity index (χ1v) is 7.91. The van der Waals surface area contributed by atoms with Crippen LogP contribution < -0.4 is 15.8 Å². The van der Waals surface area contributed by atoms with Gasteiger partial charge in [-0.05, 0) is 31.2 Å². The van der Waals surface area contributed by atoms with Gasteiger partial charge in [-0.3, -0.25) is 4.79 Å². The molecule has 0 fully saturated rings. The molecule has 1 aromatic rings. The van der Waals surface area contributed by atoms with Crippen molar-refractivity contribution in [2.24, 2.45) is 5.73 Å². The lowest BCUT2D eigenvalue weighted by atomic mass is 10.1. The Balaban J connectivity index is 0.00000441. The summed E-state index contributed by atoms with van der Waals surface area (Å²) in [5, 5.41) is 4.03. The predicted octanol–water partition coefficient (Wildman–Crippen LogP) is 3.69. The van der Waals surface area contributed by atoms with Crippen molar-refractivity contribution in [1.29, 1.82) is 0 Å². The molecule has 0 saturated carbocycles. The third-order valence-corrected chi connectivity index (χ3v) is 3.40. The summed E-state index contributed by atoms with van der Waals surface area (Å²) in [5.74, 6) is 0.163. The molecule has 4 nitrogen and oxygen atoms in total. The van der Waals surface area contributed by atoms with Crippen molar-refractivity contribution in [1.82, 2.24) is 5.32 Å². The maximum atomic E-state index is 10.8. The molecule has 0 spiro atoms. The van der Waals surface area contributed by atoms with E-state index in [0.29, 0.717) is 17.3 Å². The maximum Gasteiger partial charge on any atom is 0.255 e. The summed E-state index contributed by atoms with van der Waals surface area (Å²) in [5.41, 5.74) is 6.04. The highest BCUT2D eigenvalue weighted by molar-refractivity contribution is 6.30. The van der Waals surface area contributed by atoms with Crippen molar-refractivity contribution in [2.45, 2.75) is 45.6 Å². The van der Waals surface area contributed by atoms with Crippen molar-refractivity contribution < 1.29 is 9.53 Å². The van der Waals surface area contributed by atoms with Crippen molar-refractivity contribution in [3.05, 3.63) is 28.8 Å². The molecule has 0 bridgehead atoms. The molecule has 126 valence electrons. The number of ether oxygens (including phenoxy) is 1. The first kappa shape index (κ1) is 21.0. The smallest absolute Gasteiger partial charge is 0.255 e. The van der Waals surface area contributed by atoms with E-state index in [0.717, 1.165) is 18.5 Å². The molecule has 1 amide bonds. The van der Waals surface area contributed by atoms with Crippen molar-refractivity contribution in [3.8, 4) is 5.75 Å². The normalized spacial score (nSPS) is 10.1. The van der Waals surface area contributed by atoms with Gasteiger partial charge in [0.15, 0.2) is 6.61 Å². The molecule has 1 rings (SSSR count). The van der Waals surface area contributed by atoms with Crippen LogP contribution in [0.2, 0.25) is 5.02 Å². The molecular weight excluding hydrogens is 323 g/mol. The molecule has 0 unspecified atom stereocenters. The fourth-order valence-electron chi connectivity index (χ4n) is 2.05. The number of hydrogen-bond donors (Lipinski definition) is 2. The lowest BCUT2D eigenvalue weighted by Gasteiger charge is -2.12. The number of unbranched alkanes of at least 4 members (excludes halogenated alkanes) is 4. The monoisotopic (exact) mass is 348 g/mol. The zero-order valence-corrected chi connectivity index (χ0v) is 14.6. The van der Waals surface area contributed by atoms with E-state index < -0.39 is 5.91 Å². The number of carbonyl (C=O) groups is 1. The van der Waals surface area contributed by atoms with Gasteiger partial charge in [0.2, 0.25) is 0 Å². The fourth-order valence-corrected chi connectivity index (χ4v) is 2.25. The molecule has 0 aliphatic rings. The van der Waals surface area contributed by atoms with Crippen LogP contribution in [0.15, 0.2) is 18.2 Å². The van der Waals surface area contributed by atoms with E-state index in [4.69, 9.17) is 22.1 Å². The van der Waals surface area contributed by atoms with Crippen LogP contribution in [0.4, 0.5) is 0 Å². The molecule has 22 heavy (non-hydrogen) atoms. The van der Waals surface area contributed by atoms with Crippen LogP contribution in [-0.4, -0.2) is 19.1 Å². The van der Waals surface area contributed by atoms with Crippen LogP contribution in [-0.2, 0) is 11.3 Å². The summed E-state index contributed by atoms with van der Waals surface area (Å²) in [6, 6.07) is 5.36. The summed E-state index contributed by atoms with van der Waals surface area (Å²) in [4.78, 5) is 10.8. The standard InChI is InChI=1S/C16H25ClN2O2.ClH/c1-2-3-4-5-6-9-19-11-13-10-14(17)7-8-15(13)21-12-16(18)20;/h7-8,10,19H,2-6,9,11-12H2,1H3,(H2,18,20);1H. The van der Waals surface area contributed by atoms with Gasteiger partial charge in [0, 0.05) is 17.1 Å². The van der Waals surface area contributed by atoms with Crippen molar-refractivity contribution >= 4 is 29.9 Å². The van der Waals surface area contributed by atoms with Gasteiger partial charge in [-0.2, -0.15) is 0 Å². The largest absolute Gasteiger partial charge is 0.483 e. The first-order valence-electron chi connectivity index (χ1n) is 7.53. The third kappa shape index (κ3) is 9.13. The average molecular weight is 349 g/mol. The lowest BCUT2D eigenvalue weighted by Crippen LogP contribution is -2.21. The highest BCUT2D eigenvalue weighted by atomic mass is 35.5. The molecule has 0 aliphatic carbocycles. The number of nitrogens with two attached hydrogens (primary N) is 1. The van der Waals surface area contributed by atoms with E-state index in [1.54, 1.807) is 12.1 Å². The Morgan fingerprint density at radius 2 is 2.00 bits per heavy atom. The molecule has 0 saturated heterocycles. The quantitative estimate of drug-likeness (QED) is 0.599. The van der Waals surface area contributed by atoms with E-state index in [1.807, 2.05) is 6.07 Å². The van der Waals surface area contributed by atoms with E-state index >= 15 is 0 Å². The minimum atomic E-state index is -0.486. The number of hydrogen-bond acceptors (Lipinski definition) is 3. The van der Waals surface area contributed by atoms with Crippen LogP contribution in [0.3, 0.4) is 0 Å². The molecular formula is C16H26Cl2N2O2. The molecule has 0 heterocycles. The highest BCUT2D eigenvalue weighted by Crippen LogP contribution is 2.22. The van der Waals surface area contributed by atoms with Gasteiger partial charge in [-0.1, -0.05) is 44.2 Å². The second kappa shape index (κ2) is 12.6. The SMILES string of the molecule is CCCCCCCNCc1cc(Cl)ccc1OCC(N)=O.Cl. The van der Waals surface area contributed by atoms with E-state index in [1.165, 1.54) is 25.7 Å². The number of carbonyl (C=O) groups excluding carboxylic acids is 1. The number of halogens is 2. The van der Waals surface area contributed by atoms with Gasteiger partial charge in [-0.15, -0.1) is 12.4 Å². The minimum Gasteiger partial charge on any atom is -0.483 e. The number of nitrogens with one attached hydrogen (secondary N) is 1.